The topological polar surface area (TPSA) is 46.2 Å². The number of anilines is 1. The summed E-state index contributed by atoms with van der Waals surface area (Å²) in [6, 6.07) is 7.45. The molecule has 2 nitrogen and oxygen atoms in total. The zero-order valence-electron chi connectivity index (χ0n) is 7.33. The van der Waals surface area contributed by atoms with E-state index in [1.54, 1.807) is 0 Å². The number of hydrogen-bond donors (Lipinski definition) is 2. The van der Waals surface area contributed by atoms with E-state index < -0.39 is 6.10 Å². The summed E-state index contributed by atoms with van der Waals surface area (Å²) in [4.78, 5) is 0. The van der Waals surface area contributed by atoms with Crippen molar-refractivity contribution in [2.45, 2.75) is 25.9 Å². The first-order chi connectivity index (χ1) is 5.75. The molecule has 66 valence electrons. The summed E-state index contributed by atoms with van der Waals surface area (Å²) in [6.07, 6.45) is 1.33. The summed E-state index contributed by atoms with van der Waals surface area (Å²) in [5.41, 5.74) is 7.22. The highest BCUT2D eigenvalue weighted by Crippen LogP contribution is 2.23. The van der Waals surface area contributed by atoms with Crippen LogP contribution in [0.25, 0.3) is 0 Å². The molecule has 1 rings (SSSR count). The van der Waals surface area contributed by atoms with Crippen LogP contribution in [-0.4, -0.2) is 5.11 Å². The first-order valence-corrected chi connectivity index (χ1v) is 4.28. The first kappa shape index (κ1) is 9.07. The second kappa shape index (κ2) is 4.12. The van der Waals surface area contributed by atoms with Gasteiger partial charge in [0.25, 0.3) is 0 Å². The Labute approximate surface area is 73.0 Å². The second-order valence-electron chi connectivity index (χ2n) is 2.93. The van der Waals surface area contributed by atoms with Gasteiger partial charge in [-0.3, -0.25) is 0 Å². The predicted octanol–water partition coefficient (Wildman–Crippen LogP) is 2.10. The van der Waals surface area contributed by atoms with Gasteiger partial charge in [-0.1, -0.05) is 31.5 Å². The molecule has 0 heterocycles. The molecular formula is C10H15NO. The highest BCUT2D eigenvalue weighted by atomic mass is 16.3. The summed E-state index contributed by atoms with van der Waals surface area (Å²) < 4.78 is 0. The number of nitrogen functional groups attached to an aromatic ring is 1. The van der Waals surface area contributed by atoms with Crippen LogP contribution in [0.2, 0.25) is 0 Å². The number of aliphatic hydroxyl groups is 1. The van der Waals surface area contributed by atoms with Crippen LogP contribution in [0.15, 0.2) is 24.3 Å². The van der Waals surface area contributed by atoms with E-state index in [-0.39, 0.29) is 0 Å². The monoisotopic (exact) mass is 165 g/mol. The number of aliphatic hydroxyl groups excluding tert-OH is 1. The van der Waals surface area contributed by atoms with Crippen LogP contribution in [0.1, 0.15) is 31.4 Å². The van der Waals surface area contributed by atoms with E-state index in [1.165, 1.54) is 0 Å². The Balaban J connectivity index is 2.79. The van der Waals surface area contributed by atoms with E-state index in [0.717, 1.165) is 18.4 Å². The Bertz CT molecular complexity index is 247. The Hall–Kier alpha value is -1.02. The molecule has 0 radical (unpaired) electrons. The zero-order valence-corrected chi connectivity index (χ0v) is 7.33. The summed E-state index contributed by atoms with van der Waals surface area (Å²) in [5.74, 6) is 0. The van der Waals surface area contributed by atoms with Crippen LogP contribution in [0.4, 0.5) is 5.69 Å². The van der Waals surface area contributed by atoms with Gasteiger partial charge in [-0.25, -0.2) is 0 Å². The molecule has 12 heavy (non-hydrogen) atoms. The lowest BCUT2D eigenvalue weighted by molar-refractivity contribution is 0.167. The molecular weight excluding hydrogens is 150 g/mol. The third-order valence-electron chi connectivity index (χ3n) is 1.92. The molecule has 2 heteroatoms. The summed E-state index contributed by atoms with van der Waals surface area (Å²) in [7, 11) is 0. The van der Waals surface area contributed by atoms with E-state index >= 15 is 0 Å². The number of benzene rings is 1. The van der Waals surface area contributed by atoms with Crippen LogP contribution in [0.5, 0.6) is 0 Å². The Morgan fingerprint density at radius 3 is 2.67 bits per heavy atom. The van der Waals surface area contributed by atoms with Crippen molar-refractivity contribution in [3.8, 4) is 0 Å². The molecule has 0 amide bonds. The number of hydrogen-bond acceptors (Lipinski definition) is 2. The molecule has 1 atom stereocenters. The Morgan fingerprint density at radius 1 is 1.42 bits per heavy atom. The third kappa shape index (κ3) is 1.98. The van der Waals surface area contributed by atoms with Crippen LogP contribution in [0.3, 0.4) is 0 Å². The number of nitrogens with two attached hydrogens (primary N) is 1. The molecule has 0 aromatic heterocycles. The minimum atomic E-state index is -0.406. The van der Waals surface area contributed by atoms with Crippen molar-refractivity contribution in [3.05, 3.63) is 29.8 Å². The maximum atomic E-state index is 9.62. The summed E-state index contributed by atoms with van der Waals surface area (Å²) >= 11 is 0. The molecule has 3 N–H and O–H groups in total. The fourth-order valence-corrected chi connectivity index (χ4v) is 1.24. The summed E-state index contributed by atoms with van der Waals surface area (Å²) in [5, 5.41) is 9.62. The van der Waals surface area contributed by atoms with E-state index in [4.69, 9.17) is 5.73 Å². The van der Waals surface area contributed by atoms with E-state index in [9.17, 15) is 5.11 Å². The molecule has 0 aliphatic carbocycles. The molecule has 0 bridgehead atoms. The van der Waals surface area contributed by atoms with Crippen molar-refractivity contribution in [2.75, 3.05) is 5.73 Å². The van der Waals surface area contributed by atoms with Crippen LogP contribution >= 0.6 is 0 Å². The van der Waals surface area contributed by atoms with Gasteiger partial charge >= 0.3 is 0 Å². The van der Waals surface area contributed by atoms with Gasteiger partial charge in [0.05, 0.1) is 6.10 Å². The van der Waals surface area contributed by atoms with Gasteiger partial charge in [-0.05, 0) is 12.5 Å². The van der Waals surface area contributed by atoms with Crippen molar-refractivity contribution in [2.24, 2.45) is 0 Å². The maximum Gasteiger partial charge on any atom is 0.0809 e. The quantitative estimate of drug-likeness (QED) is 0.674. The maximum absolute atomic E-state index is 9.62. The molecule has 0 saturated heterocycles. The van der Waals surface area contributed by atoms with Crippen LogP contribution < -0.4 is 5.73 Å². The van der Waals surface area contributed by atoms with Crippen molar-refractivity contribution in [1.82, 2.24) is 0 Å². The third-order valence-corrected chi connectivity index (χ3v) is 1.92. The molecule has 0 aliphatic rings. The highest BCUT2D eigenvalue weighted by molar-refractivity contribution is 5.47. The normalized spacial score (nSPS) is 12.8. The molecule has 0 saturated carbocycles. The molecule has 0 spiro atoms. The number of rotatable bonds is 3. The molecule has 0 aliphatic heterocycles. The van der Waals surface area contributed by atoms with Crippen molar-refractivity contribution in [1.29, 1.82) is 0 Å². The predicted molar refractivity (Wildman–Crippen MR) is 50.7 cm³/mol. The van der Waals surface area contributed by atoms with Crippen molar-refractivity contribution < 1.29 is 5.11 Å². The Morgan fingerprint density at radius 2 is 2.08 bits per heavy atom. The van der Waals surface area contributed by atoms with E-state index in [0.29, 0.717) is 5.69 Å². The van der Waals surface area contributed by atoms with Gasteiger partial charge in [0, 0.05) is 11.3 Å². The van der Waals surface area contributed by atoms with Gasteiger partial charge in [-0.2, -0.15) is 0 Å². The molecule has 0 unspecified atom stereocenters. The standard InChI is InChI=1S/C10H15NO/c1-2-5-10(12)8-6-3-4-7-9(8)11/h3-4,6-7,10,12H,2,5,11H2,1H3/t10-/m1/s1. The second-order valence-corrected chi connectivity index (χ2v) is 2.93. The van der Waals surface area contributed by atoms with Crippen LogP contribution in [0, 0.1) is 0 Å². The average Bonchev–Trinajstić information content (AvgIpc) is 2.05. The van der Waals surface area contributed by atoms with Crippen molar-refractivity contribution >= 4 is 5.69 Å². The van der Waals surface area contributed by atoms with Crippen molar-refractivity contribution in [3.63, 3.8) is 0 Å². The largest absolute Gasteiger partial charge is 0.398 e. The van der Waals surface area contributed by atoms with Gasteiger partial charge in [0.2, 0.25) is 0 Å². The summed E-state index contributed by atoms with van der Waals surface area (Å²) in [6.45, 7) is 2.04. The van der Waals surface area contributed by atoms with Gasteiger partial charge < -0.3 is 10.8 Å². The van der Waals surface area contributed by atoms with E-state index in [1.807, 2.05) is 31.2 Å². The minimum Gasteiger partial charge on any atom is -0.398 e. The Kier molecular flexibility index (Phi) is 3.11. The van der Waals surface area contributed by atoms with Crippen LogP contribution in [-0.2, 0) is 0 Å². The lowest BCUT2D eigenvalue weighted by Crippen LogP contribution is -2.01. The first-order valence-electron chi connectivity index (χ1n) is 4.28. The molecule has 1 aromatic carbocycles. The fraction of sp³-hybridized carbons (Fsp3) is 0.400. The fourth-order valence-electron chi connectivity index (χ4n) is 1.24. The van der Waals surface area contributed by atoms with Gasteiger partial charge in [-0.15, -0.1) is 0 Å². The molecule has 0 fully saturated rings. The van der Waals surface area contributed by atoms with E-state index in [2.05, 4.69) is 0 Å². The van der Waals surface area contributed by atoms with Gasteiger partial charge in [0.1, 0.15) is 0 Å². The zero-order chi connectivity index (χ0) is 8.97. The average molecular weight is 165 g/mol. The molecule has 1 aromatic rings. The SMILES string of the molecule is CCC[C@@H](O)c1ccccc1N. The minimum absolute atomic E-state index is 0.406. The lowest BCUT2D eigenvalue weighted by Gasteiger charge is -2.11. The number of para-hydroxylation sites is 1. The van der Waals surface area contributed by atoms with Gasteiger partial charge in [0.15, 0.2) is 0 Å². The smallest absolute Gasteiger partial charge is 0.0809 e. The highest BCUT2D eigenvalue weighted by Gasteiger charge is 2.07. The lowest BCUT2D eigenvalue weighted by atomic mass is 10.0.